The minimum absolute atomic E-state index is 0.122. The predicted molar refractivity (Wildman–Crippen MR) is 104 cm³/mol. The number of halogens is 4. The number of hydrogen-bond donors (Lipinski definition) is 2. The van der Waals surface area contributed by atoms with Crippen LogP contribution in [-0.4, -0.2) is 21.4 Å². The van der Waals surface area contributed by atoms with Crippen molar-refractivity contribution in [2.75, 3.05) is 11.9 Å². The fourth-order valence-corrected chi connectivity index (χ4v) is 2.96. The molecule has 1 atom stereocenters. The zero-order valence-corrected chi connectivity index (χ0v) is 16.1. The molecular weight excluding hydrogens is 411 g/mol. The van der Waals surface area contributed by atoms with Gasteiger partial charge in [-0.3, -0.25) is 4.79 Å². The van der Waals surface area contributed by atoms with E-state index >= 15 is 0 Å². The highest BCUT2D eigenvalue weighted by molar-refractivity contribution is 6.33. The van der Waals surface area contributed by atoms with E-state index in [1.807, 2.05) is 6.92 Å². The molecule has 1 heterocycles. The van der Waals surface area contributed by atoms with Gasteiger partial charge >= 0.3 is 0 Å². The highest BCUT2D eigenvalue weighted by atomic mass is 35.5. The van der Waals surface area contributed by atoms with E-state index < -0.39 is 28.9 Å². The summed E-state index contributed by atoms with van der Waals surface area (Å²) in [6.07, 6.45) is -0.210. The molecule has 146 valence electrons. The lowest BCUT2D eigenvalue weighted by Crippen LogP contribution is -2.24. The lowest BCUT2D eigenvalue weighted by molar-refractivity contribution is 0.181. The molecule has 0 aliphatic heterocycles. The first-order valence-corrected chi connectivity index (χ1v) is 8.95. The molecule has 0 amide bonds. The molecule has 0 fully saturated rings. The fourth-order valence-electron chi connectivity index (χ4n) is 2.59. The molecule has 0 bridgehead atoms. The Bertz CT molecular complexity index is 1070. The second kappa shape index (κ2) is 8.26. The van der Waals surface area contributed by atoms with Gasteiger partial charge in [-0.1, -0.05) is 35.3 Å². The molecular formula is C19H15Cl2F2N3O2. The van der Waals surface area contributed by atoms with Gasteiger partial charge in [-0.15, -0.1) is 0 Å². The third kappa shape index (κ3) is 4.01. The molecule has 3 rings (SSSR count). The summed E-state index contributed by atoms with van der Waals surface area (Å²) in [6.45, 7) is 1.55. The van der Waals surface area contributed by atoms with Crippen LogP contribution in [0.5, 0.6) is 0 Å². The van der Waals surface area contributed by atoms with Crippen molar-refractivity contribution < 1.29 is 13.9 Å². The van der Waals surface area contributed by atoms with E-state index in [0.717, 1.165) is 22.4 Å². The third-order valence-corrected chi connectivity index (χ3v) is 4.91. The fraction of sp³-hybridized carbons (Fsp3) is 0.158. The second-order valence-corrected chi connectivity index (χ2v) is 6.84. The van der Waals surface area contributed by atoms with E-state index in [0.29, 0.717) is 10.7 Å². The summed E-state index contributed by atoms with van der Waals surface area (Å²) in [5, 5.41) is 17.1. The van der Waals surface area contributed by atoms with Crippen molar-refractivity contribution in [1.29, 1.82) is 0 Å². The van der Waals surface area contributed by atoms with Gasteiger partial charge in [0.05, 0.1) is 23.1 Å². The molecule has 9 heteroatoms. The van der Waals surface area contributed by atoms with Gasteiger partial charge < -0.3 is 10.4 Å². The van der Waals surface area contributed by atoms with Crippen molar-refractivity contribution >= 4 is 28.9 Å². The van der Waals surface area contributed by atoms with Crippen molar-refractivity contribution in [2.45, 2.75) is 13.0 Å². The van der Waals surface area contributed by atoms with E-state index in [9.17, 15) is 18.7 Å². The number of aliphatic hydroxyl groups excluding tert-OH is 1. The number of hydrogen-bond acceptors (Lipinski definition) is 4. The lowest BCUT2D eigenvalue weighted by Gasteiger charge is -2.15. The van der Waals surface area contributed by atoms with Crippen LogP contribution in [0.3, 0.4) is 0 Å². The largest absolute Gasteiger partial charge is 0.386 e. The minimum Gasteiger partial charge on any atom is -0.386 e. The predicted octanol–water partition coefficient (Wildman–Crippen LogP) is 4.27. The summed E-state index contributed by atoms with van der Waals surface area (Å²) in [5.74, 6) is -1.74. The normalized spacial score (nSPS) is 12.1. The maximum absolute atomic E-state index is 13.7. The standard InChI is InChI=1S/C19H15Cl2F2N3O2/c1-10-5-6-11(7-12(10)20)26-19(28)18(21)15(8-25-26)24-9-16(27)17-13(22)3-2-4-14(17)23/h2-8,16,24,27H,9H2,1H3. The Morgan fingerprint density at radius 3 is 2.54 bits per heavy atom. The van der Waals surface area contributed by atoms with Crippen molar-refractivity contribution in [3.05, 3.63) is 85.8 Å². The quantitative estimate of drug-likeness (QED) is 0.640. The molecule has 0 saturated heterocycles. The number of benzene rings is 2. The first-order chi connectivity index (χ1) is 13.3. The number of nitrogens with zero attached hydrogens (tertiary/aromatic N) is 2. The van der Waals surface area contributed by atoms with Gasteiger partial charge in [0.2, 0.25) is 0 Å². The van der Waals surface area contributed by atoms with Crippen LogP contribution in [-0.2, 0) is 0 Å². The smallest absolute Gasteiger partial charge is 0.292 e. The Morgan fingerprint density at radius 1 is 1.21 bits per heavy atom. The molecule has 2 aromatic carbocycles. The van der Waals surface area contributed by atoms with Crippen molar-refractivity contribution in [3.63, 3.8) is 0 Å². The summed E-state index contributed by atoms with van der Waals surface area (Å²) in [5.41, 5.74) is 0.316. The van der Waals surface area contributed by atoms with E-state index in [2.05, 4.69) is 10.4 Å². The van der Waals surface area contributed by atoms with Crippen LogP contribution in [0.4, 0.5) is 14.5 Å². The van der Waals surface area contributed by atoms with Crippen LogP contribution in [0.25, 0.3) is 5.69 Å². The molecule has 0 radical (unpaired) electrons. The van der Waals surface area contributed by atoms with Gasteiger partial charge in [0.1, 0.15) is 22.8 Å². The van der Waals surface area contributed by atoms with E-state index in [1.165, 1.54) is 12.3 Å². The average molecular weight is 426 g/mol. The van der Waals surface area contributed by atoms with Gasteiger partial charge in [0, 0.05) is 11.6 Å². The van der Waals surface area contributed by atoms with E-state index in [-0.39, 0.29) is 17.3 Å². The molecule has 0 aliphatic rings. The summed E-state index contributed by atoms with van der Waals surface area (Å²) in [4.78, 5) is 12.5. The molecule has 1 unspecified atom stereocenters. The molecule has 1 aromatic heterocycles. The van der Waals surface area contributed by atoms with Crippen molar-refractivity contribution in [2.24, 2.45) is 0 Å². The van der Waals surface area contributed by atoms with Crippen molar-refractivity contribution in [1.82, 2.24) is 9.78 Å². The number of aromatic nitrogens is 2. The second-order valence-electron chi connectivity index (χ2n) is 6.05. The van der Waals surface area contributed by atoms with Gasteiger partial charge in [0.15, 0.2) is 0 Å². The Morgan fingerprint density at radius 2 is 1.89 bits per heavy atom. The molecule has 2 N–H and O–H groups in total. The van der Waals surface area contributed by atoms with Crippen LogP contribution < -0.4 is 10.9 Å². The zero-order valence-electron chi connectivity index (χ0n) is 14.6. The number of aryl methyl sites for hydroxylation is 1. The van der Waals surface area contributed by atoms with Gasteiger partial charge in [-0.25, -0.2) is 8.78 Å². The summed E-state index contributed by atoms with van der Waals surface area (Å²) in [6, 6.07) is 8.29. The van der Waals surface area contributed by atoms with Crippen LogP contribution >= 0.6 is 23.2 Å². The van der Waals surface area contributed by atoms with Crippen LogP contribution in [0.1, 0.15) is 17.2 Å². The molecule has 5 nitrogen and oxygen atoms in total. The minimum atomic E-state index is -1.49. The van der Waals surface area contributed by atoms with Crippen LogP contribution in [0.15, 0.2) is 47.4 Å². The Labute approximate surface area is 169 Å². The SMILES string of the molecule is Cc1ccc(-n2ncc(NCC(O)c3c(F)cccc3F)c(Cl)c2=O)cc1Cl. The molecule has 28 heavy (non-hydrogen) atoms. The van der Waals surface area contributed by atoms with E-state index in [4.69, 9.17) is 23.2 Å². The Hall–Kier alpha value is -2.48. The van der Waals surface area contributed by atoms with Crippen LogP contribution in [0, 0.1) is 18.6 Å². The first-order valence-electron chi connectivity index (χ1n) is 8.19. The summed E-state index contributed by atoms with van der Waals surface area (Å²) in [7, 11) is 0. The van der Waals surface area contributed by atoms with Gasteiger partial charge in [-0.2, -0.15) is 9.78 Å². The first kappa shape index (κ1) is 20.3. The number of nitrogens with one attached hydrogen (secondary N) is 1. The monoisotopic (exact) mass is 425 g/mol. The molecule has 0 saturated carbocycles. The summed E-state index contributed by atoms with van der Waals surface area (Å²) >= 11 is 12.2. The third-order valence-electron chi connectivity index (χ3n) is 4.14. The van der Waals surface area contributed by atoms with Crippen LogP contribution in [0.2, 0.25) is 10.0 Å². The lowest BCUT2D eigenvalue weighted by atomic mass is 10.1. The van der Waals surface area contributed by atoms with Gasteiger partial charge in [-0.05, 0) is 36.8 Å². The number of rotatable bonds is 5. The molecule has 3 aromatic rings. The van der Waals surface area contributed by atoms with Crippen molar-refractivity contribution in [3.8, 4) is 5.69 Å². The average Bonchev–Trinajstić information content (AvgIpc) is 2.65. The maximum atomic E-state index is 13.7. The zero-order chi connectivity index (χ0) is 20.4. The highest BCUT2D eigenvalue weighted by Gasteiger charge is 2.19. The molecule has 0 aliphatic carbocycles. The Balaban J connectivity index is 1.83. The topological polar surface area (TPSA) is 67.2 Å². The number of anilines is 1. The summed E-state index contributed by atoms with van der Waals surface area (Å²) < 4.78 is 28.6. The van der Waals surface area contributed by atoms with E-state index in [1.54, 1.807) is 18.2 Å². The van der Waals surface area contributed by atoms with Gasteiger partial charge in [0.25, 0.3) is 5.56 Å². The number of aliphatic hydroxyl groups is 1. The highest BCUT2D eigenvalue weighted by Crippen LogP contribution is 2.23. The maximum Gasteiger partial charge on any atom is 0.292 e. The Kier molecular flexibility index (Phi) is 5.98. The molecule has 0 spiro atoms.